The zero-order chi connectivity index (χ0) is 26.1. The zero-order valence-corrected chi connectivity index (χ0v) is 22.1. The van der Waals surface area contributed by atoms with Crippen molar-refractivity contribution in [3.05, 3.63) is 149 Å². The normalized spacial score (nSPS) is 13.4. The molecular formula is C36H31NO. The summed E-state index contributed by atoms with van der Waals surface area (Å²) in [5.41, 5.74) is 9.19. The minimum Gasteiger partial charge on any atom is -0.457 e. The molecule has 2 heteroatoms. The van der Waals surface area contributed by atoms with E-state index in [1.165, 1.54) is 27.8 Å². The van der Waals surface area contributed by atoms with Crippen LogP contribution in [-0.4, -0.2) is 0 Å². The Balaban J connectivity index is 1.37. The van der Waals surface area contributed by atoms with Crippen LogP contribution in [0.2, 0.25) is 0 Å². The second-order valence-corrected chi connectivity index (χ2v) is 10.4. The van der Waals surface area contributed by atoms with Crippen LogP contribution in [0, 0.1) is 6.92 Å². The van der Waals surface area contributed by atoms with E-state index in [0.717, 1.165) is 28.6 Å². The second-order valence-electron chi connectivity index (χ2n) is 10.4. The molecule has 6 rings (SSSR count). The lowest BCUT2D eigenvalue weighted by Gasteiger charge is -2.36. The highest BCUT2D eigenvalue weighted by Gasteiger charge is 2.34. The first-order valence-corrected chi connectivity index (χ1v) is 13.1. The van der Waals surface area contributed by atoms with Crippen LogP contribution in [0.4, 0.5) is 17.1 Å². The monoisotopic (exact) mass is 493 g/mol. The Bertz CT molecular complexity index is 1600. The fourth-order valence-corrected chi connectivity index (χ4v) is 5.20. The second kappa shape index (κ2) is 9.72. The van der Waals surface area contributed by atoms with Crippen LogP contribution in [0.1, 0.15) is 41.7 Å². The van der Waals surface area contributed by atoms with Gasteiger partial charge in [0.25, 0.3) is 0 Å². The average Bonchev–Trinajstić information content (AvgIpc) is 2.95. The van der Waals surface area contributed by atoms with Crippen molar-refractivity contribution in [1.82, 2.24) is 0 Å². The Kier molecular flexibility index (Phi) is 6.09. The first-order chi connectivity index (χ1) is 18.5. The summed E-state index contributed by atoms with van der Waals surface area (Å²) in [6, 6.07) is 42.8. The van der Waals surface area contributed by atoms with Gasteiger partial charge in [-0.05, 0) is 66.6 Å². The molecule has 0 N–H and O–H groups in total. The summed E-state index contributed by atoms with van der Waals surface area (Å²) in [5.74, 6) is 1.86. The number of rotatable bonds is 5. The topological polar surface area (TPSA) is 12.5 Å². The molecule has 2 nitrogen and oxygen atoms in total. The van der Waals surface area contributed by atoms with Crippen LogP contribution in [0.5, 0.6) is 11.5 Å². The van der Waals surface area contributed by atoms with Crippen molar-refractivity contribution in [2.75, 3.05) is 4.90 Å². The van der Waals surface area contributed by atoms with Gasteiger partial charge in [-0.3, -0.25) is 0 Å². The molecule has 0 aliphatic carbocycles. The van der Waals surface area contributed by atoms with E-state index in [4.69, 9.17) is 4.74 Å². The Hall–Kier alpha value is -4.56. The number of aryl methyl sites for hydroxylation is 1. The molecule has 0 saturated heterocycles. The van der Waals surface area contributed by atoms with Gasteiger partial charge in [-0.25, -0.2) is 0 Å². The lowest BCUT2D eigenvalue weighted by atomic mass is 9.75. The number of benzene rings is 5. The Morgan fingerprint density at radius 2 is 1.11 bits per heavy atom. The quantitative estimate of drug-likeness (QED) is 0.226. The molecule has 0 fully saturated rings. The highest BCUT2D eigenvalue weighted by molar-refractivity contribution is 5.79. The minimum absolute atomic E-state index is 0.173. The molecule has 38 heavy (non-hydrogen) atoms. The largest absolute Gasteiger partial charge is 0.457 e. The van der Waals surface area contributed by atoms with Crippen molar-refractivity contribution in [3.63, 3.8) is 0 Å². The van der Waals surface area contributed by atoms with Gasteiger partial charge in [-0.2, -0.15) is 0 Å². The van der Waals surface area contributed by atoms with E-state index in [1.807, 2.05) is 6.07 Å². The highest BCUT2D eigenvalue weighted by atomic mass is 16.5. The number of nitrogens with zero attached hydrogens (tertiary/aromatic N) is 1. The molecule has 1 aliphatic heterocycles. The van der Waals surface area contributed by atoms with E-state index < -0.39 is 0 Å². The van der Waals surface area contributed by atoms with Crippen LogP contribution >= 0.6 is 0 Å². The van der Waals surface area contributed by atoms with E-state index in [9.17, 15) is 0 Å². The molecule has 0 spiro atoms. The van der Waals surface area contributed by atoms with Gasteiger partial charge in [0.1, 0.15) is 11.5 Å². The van der Waals surface area contributed by atoms with Crippen molar-refractivity contribution in [2.45, 2.75) is 26.2 Å². The SMILES string of the molecule is Cc1ccc(/C=C/c2ccc(N(c3ccccc3)c3ccc4c(c3)C(C)(C)c3ccccc3O4)cc2)cc1. The zero-order valence-electron chi connectivity index (χ0n) is 22.1. The Morgan fingerprint density at radius 3 is 1.82 bits per heavy atom. The summed E-state index contributed by atoms with van der Waals surface area (Å²) in [7, 11) is 0. The summed E-state index contributed by atoms with van der Waals surface area (Å²) >= 11 is 0. The smallest absolute Gasteiger partial charge is 0.131 e. The lowest BCUT2D eigenvalue weighted by Crippen LogP contribution is -2.24. The maximum absolute atomic E-state index is 6.32. The summed E-state index contributed by atoms with van der Waals surface area (Å²) in [6.07, 6.45) is 4.32. The van der Waals surface area contributed by atoms with Crippen LogP contribution in [0.25, 0.3) is 12.2 Å². The van der Waals surface area contributed by atoms with Crippen LogP contribution in [0.15, 0.2) is 121 Å². The molecule has 0 bridgehead atoms. The number of anilines is 3. The molecule has 5 aromatic carbocycles. The number of ether oxygens (including phenoxy) is 1. The molecule has 0 saturated carbocycles. The van der Waals surface area contributed by atoms with Gasteiger partial charge in [0, 0.05) is 33.6 Å². The predicted molar refractivity (Wildman–Crippen MR) is 160 cm³/mol. The molecule has 0 atom stereocenters. The maximum atomic E-state index is 6.32. The van der Waals surface area contributed by atoms with Crippen molar-refractivity contribution >= 4 is 29.2 Å². The molecule has 1 aliphatic rings. The van der Waals surface area contributed by atoms with E-state index >= 15 is 0 Å². The van der Waals surface area contributed by atoms with Crippen molar-refractivity contribution < 1.29 is 4.74 Å². The summed E-state index contributed by atoms with van der Waals surface area (Å²) in [4.78, 5) is 2.31. The lowest BCUT2D eigenvalue weighted by molar-refractivity contribution is 0.418. The minimum atomic E-state index is -0.173. The van der Waals surface area contributed by atoms with Crippen molar-refractivity contribution in [2.24, 2.45) is 0 Å². The first kappa shape index (κ1) is 23.8. The van der Waals surface area contributed by atoms with Crippen molar-refractivity contribution in [3.8, 4) is 11.5 Å². The van der Waals surface area contributed by atoms with Gasteiger partial charge in [0.15, 0.2) is 0 Å². The number of para-hydroxylation sites is 2. The molecular weight excluding hydrogens is 462 g/mol. The van der Waals surface area contributed by atoms with Crippen LogP contribution < -0.4 is 9.64 Å². The van der Waals surface area contributed by atoms with E-state index in [0.29, 0.717) is 0 Å². The van der Waals surface area contributed by atoms with E-state index in [1.54, 1.807) is 0 Å². The number of hydrogen-bond donors (Lipinski definition) is 0. The molecule has 0 aromatic heterocycles. The highest BCUT2D eigenvalue weighted by Crippen LogP contribution is 2.49. The van der Waals surface area contributed by atoms with Gasteiger partial charge in [-0.1, -0.05) is 104 Å². The fourth-order valence-electron chi connectivity index (χ4n) is 5.20. The van der Waals surface area contributed by atoms with Crippen LogP contribution in [-0.2, 0) is 5.41 Å². The fraction of sp³-hybridized carbons (Fsp3) is 0.111. The third-order valence-electron chi connectivity index (χ3n) is 7.39. The molecule has 0 radical (unpaired) electrons. The molecule has 0 amide bonds. The molecule has 5 aromatic rings. The summed E-state index contributed by atoms with van der Waals surface area (Å²) in [6.45, 7) is 6.66. The van der Waals surface area contributed by atoms with E-state index in [2.05, 4.69) is 153 Å². The molecule has 0 unspecified atom stereocenters. The van der Waals surface area contributed by atoms with Crippen molar-refractivity contribution in [1.29, 1.82) is 0 Å². The van der Waals surface area contributed by atoms with Gasteiger partial charge in [0.05, 0.1) is 0 Å². The third-order valence-corrected chi connectivity index (χ3v) is 7.39. The van der Waals surface area contributed by atoms with Gasteiger partial charge >= 0.3 is 0 Å². The number of fused-ring (bicyclic) bond motifs is 2. The predicted octanol–water partition coefficient (Wildman–Crippen LogP) is 10.1. The van der Waals surface area contributed by atoms with Crippen LogP contribution in [0.3, 0.4) is 0 Å². The van der Waals surface area contributed by atoms with Gasteiger partial charge in [0.2, 0.25) is 0 Å². The third kappa shape index (κ3) is 4.50. The standard InChI is InChI=1S/C36H31NO/c1-26-13-15-27(16-14-26)17-18-28-19-21-30(22-20-28)37(29-9-5-4-6-10-29)31-23-24-35-33(25-31)36(2,3)32-11-7-8-12-34(32)38-35/h4-25H,1-3H3/b18-17+. The molecule has 186 valence electrons. The maximum Gasteiger partial charge on any atom is 0.131 e. The van der Waals surface area contributed by atoms with Gasteiger partial charge < -0.3 is 9.64 Å². The van der Waals surface area contributed by atoms with E-state index in [-0.39, 0.29) is 5.41 Å². The average molecular weight is 494 g/mol. The first-order valence-electron chi connectivity index (χ1n) is 13.1. The molecule has 1 heterocycles. The summed E-state index contributed by atoms with van der Waals surface area (Å²) < 4.78 is 6.32. The Labute approximate surface area is 225 Å². The van der Waals surface area contributed by atoms with Gasteiger partial charge in [-0.15, -0.1) is 0 Å². The number of hydrogen-bond acceptors (Lipinski definition) is 2. The Morgan fingerprint density at radius 1 is 0.553 bits per heavy atom. The summed E-state index contributed by atoms with van der Waals surface area (Å²) in [5, 5.41) is 0.